The van der Waals surface area contributed by atoms with Crippen LogP contribution in [-0.4, -0.2) is 31.9 Å². The summed E-state index contributed by atoms with van der Waals surface area (Å²) >= 11 is 4.41. The second-order valence-corrected chi connectivity index (χ2v) is 7.00. The molecule has 2 rings (SSSR count). The third kappa shape index (κ3) is 3.62. The standard InChI is InChI=1S/C11H13N2O4PS/c14-11(15)10(13-18(16,17)19)5-7-6-12-9-4-2-1-3-8(7)9/h1-4,6,10,12H,5H2,(H,14,15)(H3,13,16,17,19)/t10-/m0/s1. The van der Waals surface area contributed by atoms with Gasteiger partial charge in [0.2, 0.25) is 0 Å². The van der Waals surface area contributed by atoms with Gasteiger partial charge in [0.15, 0.2) is 0 Å². The number of rotatable bonds is 5. The summed E-state index contributed by atoms with van der Waals surface area (Å²) in [6, 6.07) is 6.33. The molecule has 102 valence electrons. The quantitative estimate of drug-likeness (QED) is 0.527. The summed E-state index contributed by atoms with van der Waals surface area (Å²) in [6.45, 7) is -3.76. The third-order valence-electron chi connectivity index (χ3n) is 2.72. The van der Waals surface area contributed by atoms with Gasteiger partial charge in [-0.2, -0.15) is 0 Å². The molecule has 0 unspecified atom stereocenters. The number of aliphatic carboxylic acids is 1. The molecule has 5 N–H and O–H groups in total. The number of H-pyrrole nitrogens is 1. The lowest BCUT2D eigenvalue weighted by atomic mass is 10.1. The van der Waals surface area contributed by atoms with Crippen LogP contribution in [0.3, 0.4) is 0 Å². The molecule has 0 aliphatic carbocycles. The van der Waals surface area contributed by atoms with E-state index in [-0.39, 0.29) is 6.42 Å². The van der Waals surface area contributed by atoms with Gasteiger partial charge in [0.05, 0.1) is 0 Å². The molecule has 0 bridgehead atoms. The van der Waals surface area contributed by atoms with Gasteiger partial charge < -0.3 is 19.9 Å². The van der Waals surface area contributed by atoms with Crippen LogP contribution in [0.4, 0.5) is 0 Å². The molecule has 1 aromatic carbocycles. The zero-order valence-corrected chi connectivity index (χ0v) is 11.5. The van der Waals surface area contributed by atoms with Crippen LogP contribution in [0.25, 0.3) is 10.9 Å². The zero-order valence-electron chi connectivity index (χ0n) is 9.78. The predicted molar refractivity (Wildman–Crippen MR) is 75.3 cm³/mol. The summed E-state index contributed by atoms with van der Waals surface area (Å²) in [7, 11) is 0. The molecular weight excluding hydrogens is 287 g/mol. The average molecular weight is 300 g/mol. The minimum Gasteiger partial charge on any atom is -0.480 e. The Morgan fingerprint density at radius 1 is 1.42 bits per heavy atom. The van der Waals surface area contributed by atoms with Crippen molar-refractivity contribution in [1.82, 2.24) is 10.1 Å². The summed E-state index contributed by atoms with van der Waals surface area (Å²) in [6.07, 6.45) is 1.82. The molecule has 6 nitrogen and oxygen atoms in total. The minimum atomic E-state index is -3.76. The molecular formula is C11H13N2O4PS. The Labute approximate surface area is 114 Å². The second kappa shape index (κ2) is 5.40. The van der Waals surface area contributed by atoms with Gasteiger partial charge >= 0.3 is 5.97 Å². The maximum Gasteiger partial charge on any atom is 0.321 e. The van der Waals surface area contributed by atoms with E-state index in [1.807, 2.05) is 24.3 Å². The van der Waals surface area contributed by atoms with Crippen molar-refractivity contribution in [3.63, 3.8) is 0 Å². The van der Waals surface area contributed by atoms with Gasteiger partial charge in [-0.15, -0.1) is 0 Å². The van der Waals surface area contributed by atoms with E-state index in [1.54, 1.807) is 6.20 Å². The fourth-order valence-corrected chi connectivity index (χ4v) is 2.90. The van der Waals surface area contributed by atoms with E-state index in [2.05, 4.69) is 21.9 Å². The highest BCUT2D eigenvalue weighted by Gasteiger charge is 2.24. The van der Waals surface area contributed by atoms with Crippen LogP contribution in [0.2, 0.25) is 0 Å². The molecule has 0 saturated carbocycles. The van der Waals surface area contributed by atoms with Gasteiger partial charge in [0.1, 0.15) is 6.04 Å². The maximum atomic E-state index is 11.1. The van der Waals surface area contributed by atoms with Crippen molar-refractivity contribution in [2.75, 3.05) is 0 Å². The fraction of sp³-hybridized carbons (Fsp3) is 0.182. The normalized spacial score (nSPS) is 13.6. The molecule has 0 spiro atoms. The van der Waals surface area contributed by atoms with E-state index in [9.17, 15) is 14.6 Å². The molecule has 0 saturated heterocycles. The van der Waals surface area contributed by atoms with Crippen LogP contribution < -0.4 is 5.09 Å². The summed E-state index contributed by atoms with van der Waals surface area (Å²) in [5, 5.41) is 12.2. The SMILES string of the molecule is O=C(O)[C@H](Cc1c[nH]c2ccccc12)NP(O)(O)=S. The Morgan fingerprint density at radius 2 is 2.11 bits per heavy atom. The Kier molecular flexibility index (Phi) is 4.03. The van der Waals surface area contributed by atoms with Gasteiger partial charge in [0.25, 0.3) is 6.64 Å². The maximum absolute atomic E-state index is 11.1. The topological polar surface area (TPSA) is 106 Å². The predicted octanol–water partition coefficient (Wildman–Crippen LogP) is 0.962. The van der Waals surface area contributed by atoms with Crippen LogP contribution in [0, 0.1) is 0 Å². The Bertz CT molecular complexity index is 651. The smallest absolute Gasteiger partial charge is 0.321 e. The second-order valence-electron chi connectivity index (χ2n) is 4.13. The first-order valence-corrected chi connectivity index (χ1v) is 8.19. The highest BCUT2D eigenvalue weighted by Crippen LogP contribution is 2.31. The molecule has 2 aromatic rings. The Balaban J connectivity index is 2.26. The number of benzene rings is 1. The first kappa shape index (κ1) is 14.2. The van der Waals surface area contributed by atoms with Gasteiger partial charge in [-0.3, -0.25) is 4.79 Å². The molecule has 1 heterocycles. The van der Waals surface area contributed by atoms with E-state index in [4.69, 9.17) is 5.11 Å². The lowest BCUT2D eigenvalue weighted by Crippen LogP contribution is -2.36. The van der Waals surface area contributed by atoms with Crippen LogP contribution >= 0.6 is 6.64 Å². The highest BCUT2D eigenvalue weighted by atomic mass is 32.5. The highest BCUT2D eigenvalue weighted by molar-refractivity contribution is 8.08. The monoisotopic (exact) mass is 300 g/mol. The van der Waals surface area contributed by atoms with Crippen LogP contribution in [0.5, 0.6) is 0 Å². The first-order valence-electron chi connectivity index (χ1n) is 5.48. The number of aromatic nitrogens is 1. The molecule has 0 amide bonds. The summed E-state index contributed by atoms with van der Waals surface area (Å²) in [4.78, 5) is 32.5. The van der Waals surface area contributed by atoms with E-state index >= 15 is 0 Å². The van der Waals surface area contributed by atoms with Crippen molar-refractivity contribution in [2.45, 2.75) is 12.5 Å². The van der Waals surface area contributed by atoms with E-state index in [0.717, 1.165) is 16.5 Å². The van der Waals surface area contributed by atoms with E-state index < -0.39 is 18.7 Å². The number of para-hydroxylation sites is 1. The van der Waals surface area contributed by atoms with Crippen molar-refractivity contribution >= 4 is 35.3 Å². The lowest BCUT2D eigenvalue weighted by molar-refractivity contribution is -0.139. The van der Waals surface area contributed by atoms with Gasteiger partial charge in [-0.05, 0) is 23.4 Å². The van der Waals surface area contributed by atoms with E-state index in [1.165, 1.54) is 0 Å². The zero-order chi connectivity index (χ0) is 14.0. The molecule has 0 radical (unpaired) electrons. The van der Waals surface area contributed by atoms with Crippen LogP contribution in [0.1, 0.15) is 5.56 Å². The summed E-state index contributed by atoms with van der Waals surface area (Å²) < 4.78 is 0. The number of hydrogen-bond acceptors (Lipinski definition) is 2. The van der Waals surface area contributed by atoms with Crippen molar-refractivity contribution in [1.29, 1.82) is 0 Å². The number of aromatic amines is 1. The molecule has 19 heavy (non-hydrogen) atoms. The minimum absolute atomic E-state index is 0.110. The van der Waals surface area contributed by atoms with Gasteiger partial charge in [-0.1, -0.05) is 18.2 Å². The number of nitrogens with one attached hydrogen (secondary N) is 2. The molecule has 0 aliphatic rings. The van der Waals surface area contributed by atoms with Crippen LogP contribution in [-0.2, 0) is 23.0 Å². The number of carbonyl (C=O) groups is 1. The Hall–Kier alpha value is -1.24. The van der Waals surface area contributed by atoms with Crippen molar-refractivity contribution < 1.29 is 19.7 Å². The molecule has 8 heteroatoms. The van der Waals surface area contributed by atoms with Crippen molar-refractivity contribution in [3.05, 3.63) is 36.0 Å². The summed E-state index contributed by atoms with van der Waals surface area (Å²) in [5.41, 5.74) is 1.67. The van der Waals surface area contributed by atoms with Gasteiger partial charge in [-0.25, -0.2) is 5.09 Å². The fourth-order valence-electron chi connectivity index (χ4n) is 1.91. The number of hydrogen-bond donors (Lipinski definition) is 5. The molecule has 1 aromatic heterocycles. The lowest BCUT2D eigenvalue weighted by Gasteiger charge is -2.17. The first-order chi connectivity index (χ1) is 8.87. The third-order valence-corrected chi connectivity index (χ3v) is 3.69. The van der Waals surface area contributed by atoms with E-state index in [0.29, 0.717) is 0 Å². The largest absolute Gasteiger partial charge is 0.480 e. The number of fused-ring (bicyclic) bond motifs is 1. The molecule has 0 fully saturated rings. The van der Waals surface area contributed by atoms with Crippen LogP contribution in [0.15, 0.2) is 30.5 Å². The van der Waals surface area contributed by atoms with Crippen molar-refractivity contribution in [3.8, 4) is 0 Å². The Morgan fingerprint density at radius 3 is 2.74 bits per heavy atom. The van der Waals surface area contributed by atoms with Gasteiger partial charge in [0, 0.05) is 23.5 Å². The number of carboxylic acids is 1. The summed E-state index contributed by atoms with van der Waals surface area (Å²) in [5.74, 6) is -1.18. The molecule has 1 atom stereocenters. The average Bonchev–Trinajstić information content (AvgIpc) is 2.70. The molecule has 0 aliphatic heterocycles. The number of carboxylic acid groups (broad SMARTS) is 1. The van der Waals surface area contributed by atoms with Crippen molar-refractivity contribution in [2.24, 2.45) is 0 Å².